The average Bonchev–Trinajstić information content (AvgIpc) is 3.33. The van der Waals surface area contributed by atoms with Gasteiger partial charge in [-0.3, -0.25) is 0 Å². The third-order valence-corrected chi connectivity index (χ3v) is 6.29. The first-order valence-electron chi connectivity index (χ1n) is 8.02. The van der Waals surface area contributed by atoms with E-state index >= 15 is 0 Å². The molecule has 0 bridgehead atoms. The monoisotopic (exact) mass is 340 g/mol. The van der Waals surface area contributed by atoms with Gasteiger partial charge in [-0.25, -0.2) is 13.1 Å². The maximum absolute atomic E-state index is 11.9. The van der Waals surface area contributed by atoms with E-state index in [0.717, 1.165) is 23.1 Å². The average molecular weight is 340 g/mol. The molecule has 2 atom stereocenters. The van der Waals surface area contributed by atoms with E-state index in [2.05, 4.69) is 22.9 Å². The van der Waals surface area contributed by atoms with Crippen molar-refractivity contribution in [1.29, 1.82) is 5.26 Å². The Morgan fingerprint density at radius 3 is 2.08 bits per heavy atom. The molecule has 1 fully saturated rings. The fourth-order valence-electron chi connectivity index (χ4n) is 2.70. The first-order chi connectivity index (χ1) is 11.4. The van der Waals surface area contributed by atoms with E-state index < -0.39 is 15.3 Å². The lowest BCUT2D eigenvalue weighted by Crippen LogP contribution is -2.33. The van der Waals surface area contributed by atoms with Crippen molar-refractivity contribution in [2.45, 2.75) is 37.5 Å². The summed E-state index contributed by atoms with van der Waals surface area (Å²) in [5.41, 5.74) is 3.95. The van der Waals surface area contributed by atoms with Gasteiger partial charge in [0.15, 0.2) is 0 Å². The minimum Gasteiger partial charge on any atom is -0.212 e. The van der Waals surface area contributed by atoms with Crippen LogP contribution in [0.4, 0.5) is 0 Å². The van der Waals surface area contributed by atoms with Gasteiger partial charge in [-0.2, -0.15) is 5.26 Å². The molecular formula is C19H20N2O2S. The molecule has 0 aromatic heterocycles. The summed E-state index contributed by atoms with van der Waals surface area (Å²) in [6.07, 6.45) is 0.849. The van der Waals surface area contributed by atoms with Crippen LogP contribution in [0.25, 0.3) is 11.1 Å². The lowest BCUT2D eigenvalue weighted by molar-refractivity contribution is 0.571. The van der Waals surface area contributed by atoms with Gasteiger partial charge in [-0.15, -0.1) is 0 Å². The number of rotatable bonds is 5. The molecule has 24 heavy (non-hydrogen) atoms. The summed E-state index contributed by atoms with van der Waals surface area (Å²) < 4.78 is 26.6. The molecule has 1 aliphatic rings. The van der Waals surface area contributed by atoms with Crippen molar-refractivity contribution in [2.75, 3.05) is 0 Å². The van der Waals surface area contributed by atoms with Crippen molar-refractivity contribution in [3.05, 3.63) is 59.7 Å². The Bertz CT molecular complexity index is 863. The third-order valence-electron chi connectivity index (χ3n) is 4.41. The topological polar surface area (TPSA) is 70.0 Å². The molecule has 0 radical (unpaired) electrons. The van der Waals surface area contributed by atoms with Crippen molar-refractivity contribution in [3.8, 4) is 17.2 Å². The maximum Gasteiger partial charge on any atom is 0.214 e. The predicted molar refractivity (Wildman–Crippen MR) is 94.9 cm³/mol. The number of nitrogens with zero attached hydrogens (tertiary/aromatic N) is 1. The van der Waals surface area contributed by atoms with E-state index in [-0.39, 0.29) is 12.0 Å². The number of sulfonamides is 1. The standard InChI is InChI=1S/C19H20N2O2S/c1-13(2)24(22,23)21-19-11-18(19)17-9-7-16(8-10-17)15-5-3-14(12-20)4-6-15/h3-10,13,18-19,21H,11H2,1-2H3/t18-,19+/m1/s1. The fourth-order valence-corrected chi connectivity index (χ4v) is 3.66. The smallest absolute Gasteiger partial charge is 0.212 e. The molecule has 3 rings (SSSR count). The highest BCUT2D eigenvalue weighted by Gasteiger charge is 2.41. The SMILES string of the molecule is CC(C)S(=O)(=O)N[C@H]1C[C@@H]1c1ccc(-c2ccc(C#N)cc2)cc1. The van der Waals surface area contributed by atoms with Gasteiger partial charge in [-0.05, 0) is 49.1 Å². The summed E-state index contributed by atoms with van der Waals surface area (Å²) in [7, 11) is -3.21. The summed E-state index contributed by atoms with van der Waals surface area (Å²) in [6.45, 7) is 3.37. The summed E-state index contributed by atoms with van der Waals surface area (Å²) in [6, 6.07) is 17.8. The molecule has 0 unspecified atom stereocenters. The second-order valence-corrected chi connectivity index (χ2v) is 8.74. The molecule has 2 aromatic carbocycles. The summed E-state index contributed by atoms with van der Waals surface area (Å²) in [4.78, 5) is 0. The maximum atomic E-state index is 11.9. The lowest BCUT2D eigenvalue weighted by Gasteiger charge is -2.09. The minimum absolute atomic E-state index is 0.0122. The van der Waals surface area contributed by atoms with Gasteiger partial charge in [-0.1, -0.05) is 36.4 Å². The Balaban J connectivity index is 1.69. The molecule has 0 amide bonds. The largest absolute Gasteiger partial charge is 0.214 e. The zero-order valence-electron chi connectivity index (χ0n) is 13.7. The van der Waals surface area contributed by atoms with Crippen LogP contribution in [0.2, 0.25) is 0 Å². The highest BCUT2D eigenvalue weighted by Crippen LogP contribution is 2.41. The molecule has 0 saturated heterocycles. The summed E-state index contributed by atoms with van der Waals surface area (Å²) >= 11 is 0. The van der Waals surface area contributed by atoms with Crippen LogP contribution in [0, 0.1) is 11.3 Å². The number of hydrogen-bond acceptors (Lipinski definition) is 3. The van der Waals surface area contributed by atoms with E-state index in [1.54, 1.807) is 26.0 Å². The second kappa shape index (κ2) is 6.39. The van der Waals surface area contributed by atoms with Crippen molar-refractivity contribution < 1.29 is 8.42 Å². The molecular weight excluding hydrogens is 320 g/mol. The van der Waals surface area contributed by atoms with Gasteiger partial charge in [0.25, 0.3) is 0 Å². The Kier molecular flexibility index (Phi) is 4.44. The van der Waals surface area contributed by atoms with Crippen LogP contribution in [-0.2, 0) is 10.0 Å². The number of nitriles is 1. The van der Waals surface area contributed by atoms with Crippen molar-refractivity contribution in [2.24, 2.45) is 0 Å². The highest BCUT2D eigenvalue weighted by atomic mass is 32.2. The summed E-state index contributed by atoms with van der Waals surface area (Å²) in [5.74, 6) is 0.258. The van der Waals surface area contributed by atoms with Crippen LogP contribution in [0.1, 0.15) is 37.3 Å². The van der Waals surface area contributed by atoms with Crippen molar-refractivity contribution in [1.82, 2.24) is 4.72 Å². The van der Waals surface area contributed by atoms with E-state index in [9.17, 15) is 8.42 Å². The zero-order valence-corrected chi connectivity index (χ0v) is 14.5. The van der Waals surface area contributed by atoms with Gasteiger partial charge in [0, 0.05) is 12.0 Å². The lowest BCUT2D eigenvalue weighted by atomic mass is 10.0. The van der Waals surface area contributed by atoms with Gasteiger partial charge in [0.05, 0.1) is 16.9 Å². The number of hydrogen-bond donors (Lipinski definition) is 1. The molecule has 0 aliphatic heterocycles. The first kappa shape index (κ1) is 16.7. The van der Waals surface area contributed by atoms with Crippen LogP contribution in [0.3, 0.4) is 0 Å². The van der Waals surface area contributed by atoms with E-state index in [1.807, 2.05) is 24.3 Å². The van der Waals surface area contributed by atoms with Crippen LogP contribution < -0.4 is 4.72 Å². The normalized spacial score (nSPS) is 19.9. The van der Waals surface area contributed by atoms with E-state index in [1.165, 1.54) is 0 Å². The molecule has 4 nitrogen and oxygen atoms in total. The van der Waals surface area contributed by atoms with E-state index in [4.69, 9.17) is 5.26 Å². The van der Waals surface area contributed by atoms with Crippen LogP contribution in [-0.4, -0.2) is 19.7 Å². The molecule has 1 aliphatic carbocycles. The quantitative estimate of drug-likeness (QED) is 0.907. The van der Waals surface area contributed by atoms with Crippen LogP contribution in [0.15, 0.2) is 48.5 Å². The van der Waals surface area contributed by atoms with Gasteiger partial charge in [0.2, 0.25) is 10.0 Å². The molecule has 0 heterocycles. The number of benzene rings is 2. The molecule has 1 saturated carbocycles. The Morgan fingerprint density at radius 2 is 1.58 bits per heavy atom. The first-order valence-corrected chi connectivity index (χ1v) is 9.57. The van der Waals surface area contributed by atoms with Crippen LogP contribution >= 0.6 is 0 Å². The third kappa shape index (κ3) is 3.50. The molecule has 124 valence electrons. The van der Waals surface area contributed by atoms with Crippen molar-refractivity contribution >= 4 is 10.0 Å². The molecule has 1 N–H and O–H groups in total. The fraction of sp³-hybridized carbons (Fsp3) is 0.316. The molecule has 0 spiro atoms. The predicted octanol–water partition coefficient (Wildman–Crippen LogP) is 3.41. The Morgan fingerprint density at radius 1 is 1.04 bits per heavy atom. The van der Waals surface area contributed by atoms with Gasteiger partial charge in [0.1, 0.15) is 0 Å². The van der Waals surface area contributed by atoms with E-state index in [0.29, 0.717) is 5.56 Å². The van der Waals surface area contributed by atoms with Crippen molar-refractivity contribution in [3.63, 3.8) is 0 Å². The number of nitrogens with one attached hydrogen (secondary N) is 1. The van der Waals surface area contributed by atoms with Gasteiger partial charge >= 0.3 is 0 Å². The second-order valence-electron chi connectivity index (χ2n) is 6.47. The van der Waals surface area contributed by atoms with Gasteiger partial charge < -0.3 is 0 Å². The van der Waals surface area contributed by atoms with Crippen LogP contribution in [0.5, 0.6) is 0 Å². The molecule has 5 heteroatoms. The Labute approximate surface area is 143 Å². The molecule has 2 aromatic rings. The zero-order chi connectivity index (χ0) is 17.3. The Hall–Kier alpha value is -2.16. The minimum atomic E-state index is -3.21. The highest BCUT2D eigenvalue weighted by molar-refractivity contribution is 7.90. The summed E-state index contributed by atoms with van der Waals surface area (Å²) in [5, 5.41) is 8.44.